The lowest BCUT2D eigenvalue weighted by Gasteiger charge is -2.26. The molecule has 0 aromatic heterocycles. The van der Waals surface area contributed by atoms with Crippen LogP contribution >= 0.6 is 0 Å². The highest BCUT2D eigenvalue weighted by Gasteiger charge is 2.29. The Morgan fingerprint density at radius 2 is 1.66 bits per heavy atom. The molecule has 0 aliphatic rings. The van der Waals surface area contributed by atoms with E-state index < -0.39 is 48.4 Å². The Balaban J connectivity index is 4.83. The molecular weight excluding hydrogens is 382 g/mol. The van der Waals surface area contributed by atoms with Crippen LogP contribution < -0.4 is 33.2 Å². The number of carbonyl (C=O) groups is 4. The van der Waals surface area contributed by atoms with Gasteiger partial charge >= 0.3 is 5.97 Å². The van der Waals surface area contributed by atoms with Crippen molar-refractivity contribution in [1.29, 1.82) is 0 Å². The van der Waals surface area contributed by atoms with Crippen LogP contribution in [0.3, 0.4) is 0 Å². The van der Waals surface area contributed by atoms with Crippen molar-refractivity contribution in [2.75, 3.05) is 13.1 Å². The van der Waals surface area contributed by atoms with Crippen molar-refractivity contribution >= 4 is 29.7 Å². The smallest absolute Gasteiger partial charge is 0.322 e. The second-order valence-corrected chi connectivity index (χ2v) is 6.77. The first kappa shape index (κ1) is 26.1. The zero-order chi connectivity index (χ0) is 22.6. The molecule has 29 heavy (non-hydrogen) atoms. The number of nitrogens with two attached hydrogens (primary N) is 3. The van der Waals surface area contributed by atoms with Crippen LogP contribution in [-0.4, -0.2) is 66.0 Å². The Kier molecular flexibility index (Phi) is 12.0. The first-order valence-electron chi connectivity index (χ1n) is 9.40. The number of nitrogens with one attached hydrogen (secondary N) is 3. The van der Waals surface area contributed by atoms with Gasteiger partial charge in [0.2, 0.25) is 17.7 Å². The summed E-state index contributed by atoms with van der Waals surface area (Å²) in [5.41, 5.74) is 16.3. The second kappa shape index (κ2) is 13.3. The molecule has 0 saturated heterocycles. The summed E-state index contributed by atoms with van der Waals surface area (Å²) in [6, 6.07) is -2.72. The number of hydrogen-bond acceptors (Lipinski definition) is 6. The number of carbonyl (C=O) groups excluding carboxylic acids is 3. The van der Waals surface area contributed by atoms with Gasteiger partial charge in [0.25, 0.3) is 0 Å². The third-order valence-electron chi connectivity index (χ3n) is 4.26. The van der Waals surface area contributed by atoms with Gasteiger partial charge in [-0.1, -0.05) is 20.3 Å². The molecular formula is C17H33N7O5. The molecule has 0 radical (unpaired) electrons. The molecule has 0 rings (SSSR count). The Morgan fingerprint density at radius 1 is 1.03 bits per heavy atom. The summed E-state index contributed by atoms with van der Waals surface area (Å²) in [5, 5.41) is 15.9. The van der Waals surface area contributed by atoms with Crippen LogP contribution in [0.1, 0.15) is 40.0 Å². The number of hydrogen-bond donors (Lipinski definition) is 7. The molecule has 4 unspecified atom stereocenters. The fourth-order valence-corrected chi connectivity index (χ4v) is 2.30. The van der Waals surface area contributed by atoms with Crippen LogP contribution in [0.25, 0.3) is 0 Å². The molecule has 0 saturated carbocycles. The Morgan fingerprint density at radius 3 is 2.17 bits per heavy atom. The van der Waals surface area contributed by atoms with Crippen LogP contribution in [0.4, 0.5) is 0 Å². The van der Waals surface area contributed by atoms with Gasteiger partial charge in [-0.15, -0.1) is 0 Å². The van der Waals surface area contributed by atoms with Crippen molar-refractivity contribution in [2.24, 2.45) is 28.1 Å². The van der Waals surface area contributed by atoms with Gasteiger partial charge in [-0.05, 0) is 25.7 Å². The highest BCUT2D eigenvalue weighted by Crippen LogP contribution is 2.09. The van der Waals surface area contributed by atoms with E-state index in [4.69, 9.17) is 22.3 Å². The van der Waals surface area contributed by atoms with Crippen molar-refractivity contribution in [3.05, 3.63) is 0 Å². The van der Waals surface area contributed by atoms with Crippen LogP contribution in [-0.2, 0) is 19.2 Å². The maximum Gasteiger partial charge on any atom is 0.322 e. The number of aliphatic carboxylic acids is 1. The van der Waals surface area contributed by atoms with Gasteiger partial charge in [-0.25, -0.2) is 0 Å². The third-order valence-corrected chi connectivity index (χ3v) is 4.26. The lowest BCUT2D eigenvalue weighted by molar-refractivity contribution is -0.138. The topological polar surface area (TPSA) is 215 Å². The maximum atomic E-state index is 12.6. The van der Waals surface area contributed by atoms with E-state index in [1.54, 1.807) is 6.92 Å². The van der Waals surface area contributed by atoms with Crippen molar-refractivity contribution in [3.63, 3.8) is 0 Å². The summed E-state index contributed by atoms with van der Waals surface area (Å²) in [6.45, 7) is 4.83. The number of amides is 3. The van der Waals surface area contributed by atoms with E-state index in [0.29, 0.717) is 25.8 Å². The number of carboxylic acids is 1. The molecule has 0 aliphatic carbocycles. The second-order valence-electron chi connectivity index (χ2n) is 6.77. The van der Waals surface area contributed by atoms with Gasteiger partial charge in [-0.2, -0.15) is 0 Å². The first-order chi connectivity index (χ1) is 13.5. The standard InChI is InChI=1S/C17H33N7O5/c1-4-9(2)13(16(29)23-10(3)14(27)22-8-12(25)26)24-15(28)11(18)6-5-7-21-17(19)20/h9-11,13H,4-8,18H2,1-3H3,(H,22,27)(H,23,29)(H,24,28)(H,25,26)(H4,19,20,21). The Hall–Kier alpha value is -2.89. The zero-order valence-electron chi connectivity index (χ0n) is 17.1. The summed E-state index contributed by atoms with van der Waals surface area (Å²) in [6.07, 6.45) is 1.41. The van der Waals surface area contributed by atoms with Crippen LogP contribution in [0.2, 0.25) is 0 Å². The molecule has 0 spiro atoms. The van der Waals surface area contributed by atoms with E-state index in [0.717, 1.165) is 0 Å². The van der Waals surface area contributed by atoms with Gasteiger partial charge < -0.3 is 38.3 Å². The van der Waals surface area contributed by atoms with Gasteiger partial charge in [0.1, 0.15) is 18.6 Å². The monoisotopic (exact) mass is 415 g/mol. The molecule has 3 amide bonds. The number of aliphatic imine (C=N–C) groups is 1. The molecule has 4 atom stereocenters. The number of rotatable bonds is 13. The molecule has 0 fully saturated rings. The maximum absolute atomic E-state index is 12.6. The summed E-state index contributed by atoms with van der Waals surface area (Å²) >= 11 is 0. The van der Waals surface area contributed by atoms with Crippen LogP contribution in [0.5, 0.6) is 0 Å². The number of guanidine groups is 1. The SMILES string of the molecule is CCC(C)C(NC(=O)C(N)CCCN=C(N)N)C(=O)NC(C)C(=O)NCC(=O)O. The van der Waals surface area contributed by atoms with Crippen molar-refractivity contribution < 1.29 is 24.3 Å². The normalized spacial score (nSPS) is 14.6. The van der Waals surface area contributed by atoms with E-state index in [9.17, 15) is 19.2 Å². The van der Waals surface area contributed by atoms with Gasteiger partial charge in [-0.3, -0.25) is 24.2 Å². The molecule has 0 heterocycles. The van der Waals surface area contributed by atoms with Crippen molar-refractivity contribution in [1.82, 2.24) is 16.0 Å². The lowest BCUT2D eigenvalue weighted by atomic mass is 9.97. The number of carboxylic acid groups (broad SMARTS) is 1. The summed E-state index contributed by atoms with van der Waals surface area (Å²) < 4.78 is 0. The average molecular weight is 415 g/mol. The lowest BCUT2D eigenvalue weighted by Crippen LogP contribution is -2.57. The van der Waals surface area contributed by atoms with Crippen molar-refractivity contribution in [2.45, 2.75) is 58.2 Å². The minimum Gasteiger partial charge on any atom is -0.480 e. The van der Waals surface area contributed by atoms with Gasteiger partial charge in [0, 0.05) is 6.54 Å². The number of nitrogens with zero attached hydrogens (tertiary/aromatic N) is 1. The molecule has 0 aromatic rings. The predicted octanol–water partition coefficient (Wildman–Crippen LogP) is -2.40. The van der Waals surface area contributed by atoms with E-state index in [1.807, 2.05) is 6.92 Å². The minimum absolute atomic E-state index is 0.0435. The fraction of sp³-hybridized carbons (Fsp3) is 0.706. The third kappa shape index (κ3) is 10.9. The van der Waals surface area contributed by atoms with Gasteiger partial charge in [0.15, 0.2) is 5.96 Å². The fourth-order valence-electron chi connectivity index (χ4n) is 2.30. The van der Waals surface area contributed by atoms with E-state index in [2.05, 4.69) is 20.9 Å². The largest absolute Gasteiger partial charge is 0.480 e. The molecule has 0 aromatic carbocycles. The first-order valence-corrected chi connectivity index (χ1v) is 9.40. The molecule has 12 nitrogen and oxygen atoms in total. The summed E-state index contributed by atoms with van der Waals surface area (Å²) in [7, 11) is 0. The molecule has 10 N–H and O–H groups in total. The predicted molar refractivity (Wildman–Crippen MR) is 108 cm³/mol. The Bertz CT molecular complexity index is 607. The Labute approximate surface area is 170 Å². The zero-order valence-corrected chi connectivity index (χ0v) is 17.1. The van der Waals surface area contributed by atoms with E-state index >= 15 is 0 Å². The van der Waals surface area contributed by atoms with Crippen molar-refractivity contribution in [3.8, 4) is 0 Å². The molecule has 0 aliphatic heterocycles. The van der Waals surface area contributed by atoms with E-state index in [-0.39, 0.29) is 11.9 Å². The average Bonchev–Trinajstić information content (AvgIpc) is 2.65. The highest BCUT2D eigenvalue weighted by atomic mass is 16.4. The highest BCUT2D eigenvalue weighted by molar-refractivity contribution is 5.93. The van der Waals surface area contributed by atoms with Gasteiger partial charge in [0.05, 0.1) is 6.04 Å². The van der Waals surface area contributed by atoms with Crippen LogP contribution in [0.15, 0.2) is 4.99 Å². The quantitative estimate of drug-likeness (QED) is 0.0975. The van der Waals surface area contributed by atoms with Crippen LogP contribution in [0, 0.1) is 5.92 Å². The minimum atomic E-state index is -1.20. The summed E-state index contributed by atoms with van der Waals surface area (Å²) in [4.78, 5) is 51.1. The molecule has 166 valence electrons. The van der Waals surface area contributed by atoms with E-state index in [1.165, 1.54) is 6.92 Å². The molecule has 12 heteroatoms. The summed E-state index contributed by atoms with van der Waals surface area (Å²) in [5.74, 6) is -3.17. The molecule has 0 bridgehead atoms.